The predicted octanol–water partition coefficient (Wildman–Crippen LogP) is 3.84. The van der Waals surface area contributed by atoms with Gasteiger partial charge >= 0.3 is 6.36 Å². The Morgan fingerprint density at radius 3 is 2.52 bits per heavy atom. The zero-order chi connectivity index (χ0) is 23.3. The number of ether oxygens (including phenoxy) is 1. The first-order chi connectivity index (χ1) is 15.9. The lowest BCUT2D eigenvalue weighted by Gasteiger charge is -2.33. The Morgan fingerprint density at radius 1 is 1.00 bits per heavy atom. The van der Waals surface area contributed by atoms with Gasteiger partial charge in [-0.3, -0.25) is 0 Å². The Bertz CT molecular complexity index is 1050. The first-order valence-corrected chi connectivity index (χ1v) is 10.7. The number of benzene rings is 1. The smallest absolute Gasteiger partial charge is 0.406 e. The average Bonchev–Trinajstić information content (AvgIpc) is 2.80. The van der Waals surface area contributed by atoms with Crippen molar-refractivity contribution in [2.24, 2.45) is 0 Å². The lowest BCUT2D eigenvalue weighted by atomic mass is 10.1. The molecule has 3 heterocycles. The second-order valence-corrected chi connectivity index (χ2v) is 7.82. The number of aromatic nitrogens is 3. The van der Waals surface area contributed by atoms with Crippen LogP contribution in [0, 0.1) is 0 Å². The van der Waals surface area contributed by atoms with Crippen molar-refractivity contribution in [3.05, 3.63) is 60.6 Å². The molecule has 0 unspecified atom stereocenters. The highest BCUT2D eigenvalue weighted by Crippen LogP contribution is 2.27. The van der Waals surface area contributed by atoms with E-state index in [0.717, 1.165) is 37.6 Å². The lowest BCUT2D eigenvalue weighted by Crippen LogP contribution is -2.44. The van der Waals surface area contributed by atoms with Crippen molar-refractivity contribution in [1.82, 2.24) is 19.9 Å². The Morgan fingerprint density at radius 2 is 1.79 bits per heavy atom. The van der Waals surface area contributed by atoms with Crippen molar-refractivity contribution >= 4 is 11.6 Å². The lowest BCUT2D eigenvalue weighted by molar-refractivity contribution is -0.274. The Kier molecular flexibility index (Phi) is 6.93. The van der Waals surface area contributed by atoms with Crippen molar-refractivity contribution in [3.63, 3.8) is 0 Å². The molecule has 4 rings (SSSR count). The van der Waals surface area contributed by atoms with Crippen molar-refractivity contribution in [2.45, 2.75) is 12.8 Å². The number of piperazine rings is 1. The van der Waals surface area contributed by atoms with E-state index in [1.807, 2.05) is 12.1 Å². The highest BCUT2D eigenvalue weighted by Gasteiger charge is 2.31. The summed E-state index contributed by atoms with van der Waals surface area (Å²) in [6.45, 7) is 4.30. The summed E-state index contributed by atoms with van der Waals surface area (Å²) in [6, 6.07) is 11.9. The molecule has 1 aliphatic rings. The summed E-state index contributed by atoms with van der Waals surface area (Å²) in [5.41, 5.74) is 2.04. The molecule has 0 aliphatic carbocycles. The highest BCUT2D eigenvalue weighted by atomic mass is 19.4. The van der Waals surface area contributed by atoms with Crippen molar-refractivity contribution in [2.75, 3.05) is 50.0 Å². The fourth-order valence-electron chi connectivity index (χ4n) is 3.63. The number of pyridine rings is 1. The van der Waals surface area contributed by atoms with Gasteiger partial charge in [-0.2, -0.15) is 0 Å². The van der Waals surface area contributed by atoms with E-state index in [1.165, 1.54) is 18.5 Å². The summed E-state index contributed by atoms with van der Waals surface area (Å²) in [6.07, 6.45) is -1.14. The zero-order valence-corrected chi connectivity index (χ0v) is 18.2. The Labute approximate surface area is 190 Å². The highest BCUT2D eigenvalue weighted by molar-refractivity contribution is 5.62. The van der Waals surface area contributed by atoms with E-state index in [0.29, 0.717) is 30.0 Å². The van der Waals surface area contributed by atoms with Gasteiger partial charge in [0.15, 0.2) is 0 Å². The number of hydrogen-bond acceptors (Lipinski definition) is 7. The van der Waals surface area contributed by atoms with Crippen LogP contribution in [0.25, 0.3) is 11.3 Å². The second kappa shape index (κ2) is 10.0. The molecule has 10 heteroatoms. The van der Waals surface area contributed by atoms with E-state index in [2.05, 4.69) is 41.9 Å². The number of anilines is 2. The molecule has 3 aromatic rings. The van der Waals surface area contributed by atoms with Crippen LogP contribution >= 0.6 is 0 Å². The molecule has 0 radical (unpaired) electrons. The van der Waals surface area contributed by atoms with Crippen molar-refractivity contribution < 1.29 is 17.9 Å². The quantitative estimate of drug-likeness (QED) is 0.577. The third kappa shape index (κ3) is 6.32. The van der Waals surface area contributed by atoms with Gasteiger partial charge in [-0.1, -0.05) is 18.2 Å². The maximum Gasteiger partial charge on any atom is 0.573 e. The van der Waals surface area contributed by atoms with E-state index in [9.17, 15) is 13.2 Å². The molecule has 7 nitrogen and oxygen atoms in total. The van der Waals surface area contributed by atoms with E-state index in [4.69, 9.17) is 0 Å². The normalized spacial score (nSPS) is 14.8. The van der Waals surface area contributed by atoms with Crippen LogP contribution in [0.15, 0.2) is 55.0 Å². The van der Waals surface area contributed by atoms with Gasteiger partial charge < -0.3 is 19.9 Å². The molecular formula is C23H25F3N6O. The molecule has 1 saturated heterocycles. The molecule has 33 heavy (non-hydrogen) atoms. The molecule has 0 bridgehead atoms. The van der Waals surface area contributed by atoms with Crippen molar-refractivity contribution in [1.29, 1.82) is 0 Å². The Hall–Kier alpha value is -3.40. The monoisotopic (exact) mass is 458 g/mol. The summed E-state index contributed by atoms with van der Waals surface area (Å²) < 4.78 is 41.9. The van der Waals surface area contributed by atoms with Crippen LogP contribution in [0.2, 0.25) is 0 Å². The number of nitrogens with zero attached hydrogens (tertiary/aromatic N) is 5. The molecule has 174 valence electrons. The topological polar surface area (TPSA) is 66.4 Å². The minimum Gasteiger partial charge on any atom is -0.406 e. The third-order valence-electron chi connectivity index (χ3n) is 5.44. The molecule has 1 fully saturated rings. The fourth-order valence-corrected chi connectivity index (χ4v) is 3.63. The molecule has 0 spiro atoms. The van der Waals surface area contributed by atoms with Gasteiger partial charge in [0.05, 0.1) is 5.69 Å². The summed E-state index contributed by atoms with van der Waals surface area (Å²) >= 11 is 0. The van der Waals surface area contributed by atoms with Crippen LogP contribution in [0.3, 0.4) is 0 Å². The number of likely N-dealkylation sites (N-methyl/N-ethyl adjacent to an activating group) is 1. The molecule has 0 amide bonds. The van der Waals surface area contributed by atoms with Gasteiger partial charge in [0.2, 0.25) is 0 Å². The zero-order valence-electron chi connectivity index (χ0n) is 18.2. The van der Waals surface area contributed by atoms with Gasteiger partial charge in [0, 0.05) is 50.6 Å². The third-order valence-corrected chi connectivity index (χ3v) is 5.44. The van der Waals surface area contributed by atoms with Crippen molar-refractivity contribution in [3.8, 4) is 17.0 Å². The van der Waals surface area contributed by atoms with Gasteiger partial charge in [-0.25, -0.2) is 15.0 Å². The molecule has 1 N–H and O–H groups in total. The first kappa shape index (κ1) is 22.8. The number of rotatable bonds is 7. The Balaban J connectivity index is 1.37. The van der Waals surface area contributed by atoms with E-state index < -0.39 is 6.36 Å². The number of hydrogen-bond donors (Lipinski definition) is 1. The number of nitrogens with one attached hydrogen (secondary N) is 1. The van der Waals surface area contributed by atoms with E-state index >= 15 is 0 Å². The molecule has 0 saturated carbocycles. The standard InChI is InChI=1S/C23H25F3N6O/c1-31-10-12-32(13-11-31)22-7-6-18(15-28-22)19-14-21(30-16-29-19)27-9-8-17-4-2-3-5-20(17)33-23(24,25)26/h2-7,14-16H,8-13H2,1H3,(H,27,29,30). The van der Waals surface area contributed by atoms with Crippen LogP contribution in [-0.2, 0) is 6.42 Å². The molecule has 1 aliphatic heterocycles. The summed E-state index contributed by atoms with van der Waals surface area (Å²) in [7, 11) is 2.11. The molecule has 2 aromatic heterocycles. The van der Waals surface area contributed by atoms with Crippen LogP contribution in [0.5, 0.6) is 5.75 Å². The van der Waals surface area contributed by atoms with E-state index in [1.54, 1.807) is 24.4 Å². The number of halogens is 3. The number of alkyl halides is 3. The first-order valence-electron chi connectivity index (χ1n) is 10.7. The molecule has 1 aromatic carbocycles. The van der Waals surface area contributed by atoms with E-state index in [-0.39, 0.29) is 5.75 Å². The number of para-hydroxylation sites is 1. The summed E-state index contributed by atoms with van der Waals surface area (Å²) in [4.78, 5) is 17.7. The van der Waals surface area contributed by atoms with Crippen LogP contribution in [-0.4, -0.2) is 66.0 Å². The maximum atomic E-state index is 12.6. The summed E-state index contributed by atoms with van der Waals surface area (Å²) in [5.74, 6) is 1.33. The van der Waals surface area contributed by atoms with Crippen LogP contribution in [0.1, 0.15) is 5.56 Å². The van der Waals surface area contributed by atoms with Gasteiger partial charge in [-0.15, -0.1) is 13.2 Å². The summed E-state index contributed by atoms with van der Waals surface area (Å²) in [5, 5.41) is 3.14. The van der Waals surface area contributed by atoms with Gasteiger partial charge in [0.25, 0.3) is 0 Å². The molecular weight excluding hydrogens is 433 g/mol. The average molecular weight is 458 g/mol. The second-order valence-electron chi connectivity index (χ2n) is 7.82. The van der Waals surface area contributed by atoms with Gasteiger partial charge in [-0.05, 0) is 37.2 Å². The predicted molar refractivity (Wildman–Crippen MR) is 120 cm³/mol. The maximum absolute atomic E-state index is 12.6. The van der Waals surface area contributed by atoms with Crippen LogP contribution < -0.4 is 15.0 Å². The fraction of sp³-hybridized carbons (Fsp3) is 0.348. The SMILES string of the molecule is CN1CCN(c2ccc(-c3cc(NCCc4ccccc4OC(F)(F)F)ncn3)cn2)CC1. The molecule has 0 atom stereocenters. The van der Waals surface area contributed by atoms with Gasteiger partial charge in [0.1, 0.15) is 23.7 Å². The minimum absolute atomic E-state index is 0.193. The minimum atomic E-state index is -4.72. The van der Waals surface area contributed by atoms with Crippen LogP contribution in [0.4, 0.5) is 24.8 Å². The largest absolute Gasteiger partial charge is 0.573 e.